The number of rotatable bonds is 4. The Balaban J connectivity index is 2.03. The topological polar surface area (TPSA) is 0 Å². The first-order valence-corrected chi connectivity index (χ1v) is 7.77. The monoisotopic (exact) mass is 282 g/mol. The molecular weight excluding hydrogens is 264 g/mol. The number of hydrogen-bond acceptors (Lipinski definition) is 0. The van der Waals surface area contributed by atoms with E-state index in [1.54, 1.807) is 0 Å². The molecule has 0 bridgehead atoms. The Kier molecular flexibility index (Phi) is 3.93. The van der Waals surface area contributed by atoms with Crippen LogP contribution in [0.25, 0.3) is 17.2 Å². The fraction of sp³-hybridized carbons (Fsp3) is 0.263. The highest BCUT2D eigenvalue weighted by atomic mass is 35.5. The van der Waals surface area contributed by atoms with Gasteiger partial charge in [-0.3, -0.25) is 0 Å². The minimum absolute atomic E-state index is 0.0558. The fourth-order valence-corrected chi connectivity index (χ4v) is 3.24. The molecule has 1 aliphatic rings. The molecule has 0 saturated heterocycles. The first kappa shape index (κ1) is 13.5. The predicted molar refractivity (Wildman–Crippen MR) is 88.0 cm³/mol. The molecule has 0 heterocycles. The average Bonchev–Trinajstić information content (AvgIpc) is 2.83. The van der Waals surface area contributed by atoms with Crippen LogP contribution in [0.3, 0.4) is 0 Å². The SMILES string of the molecule is CCCCC1=Cc2c(-c3ccccc3)cccc2C1Cl. The molecule has 3 rings (SSSR count). The van der Waals surface area contributed by atoms with Crippen LogP contribution in [-0.2, 0) is 0 Å². The highest BCUT2D eigenvalue weighted by molar-refractivity contribution is 6.24. The molecule has 0 saturated carbocycles. The maximum absolute atomic E-state index is 6.64. The van der Waals surface area contributed by atoms with E-state index < -0.39 is 0 Å². The zero-order chi connectivity index (χ0) is 13.9. The molecular formula is C19H19Cl. The first-order chi connectivity index (χ1) is 9.81. The molecule has 102 valence electrons. The van der Waals surface area contributed by atoms with E-state index in [0.29, 0.717) is 0 Å². The minimum atomic E-state index is 0.0558. The summed E-state index contributed by atoms with van der Waals surface area (Å²) in [4.78, 5) is 0. The largest absolute Gasteiger partial charge is 0.113 e. The van der Waals surface area contributed by atoms with E-state index in [1.165, 1.54) is 40.7 Å². The Bertz CT molecular complexity index is 625. The fourth-order valence-electron chi connectivity index (χ4n) is 2.87. The van der Waals surface area contributed by atoms with Crippen LogP contribution in [0.5, 0.6) is 0 Å². The molecule has 1 unspecified atom stereocenters. The van der Waals surface area contributed by atoms with Gasteiger partial charge in [-0.05, 0) is 40.7 Å². The van der Waals surface area contributed by atoms with Gasteiger partial charge in [-0.25, -0.2) is 0 Å². The van der Waals surface area contributed by atoms with Crippen LogP contribution in [-0.4, -0.2) is 0 Å². The zero-order valence-electron chi connectivity index (χ0n) is 11.8. The Labute approximate surface area is 126 Å². The van der Waals surface area contributed by atoms with Crippen molar-refractivity contribution >= 4 is 17.7 Å². The van der Waals surface area contributed by atoms with Crippen LogP contribution in [0.15, 0.2) is 54.1 Å². The standard InChI is InChI=1S/C19H19Cl/c1-2-3-8-15-13-18-16(14-9-5-4-6-10-14)11-7-12-17(18)19(15)20/h4-7,9-13,19H,2-3,8H2,1H3. The summed E-state index contributed by atoms with van der Waals surface area (Å²) in [6.07, 6.45) is 5.84. The van der Waals surface area contributed by atoms with Gasteiger partial charge in [-0.2, -0.15) is 0 Å². The maximum atomic E-state index is 6.64. The summed E-state index contributed by atoms with van der Waals surface area (Å²) in [5.41, 5.74) is 6.50. The summed E-state index contributed by atoms with van der Waals surface area (Å²) in [7, 11) is 0. The molecule has 20 heavy (non-hydrogen) atoms. The van der Waals surface area contributed by atoms with Gasteiger partial charge in [0.15, 0.2) is 0 Å². The lowest BCUT2D eigenvalue weighted by Gasteiger charge is -2.10. The van der Waals surface area contributed by atoms with Crippen LogP contribution in [0.2, 0.25) is 0 Å². The molecule has 0 amide bonds. The second-order valence-electron chi connectivity index (χ2n) is 5.36. The highest BCUT2D eigenvalue weighted by Crippen LogP contribution is 2.44. The normalized spacial score (nSPS) is 16.9. The smallest absolute Gasteiger partial charge is 0.0804 e. The minimum Gasteiger partial charge on any atom is -0.113 e. The van der Waals surface area contributed by atoms with E-state index in [0.717, 1.165) is 6.42 Å². The lowest BCUT2D eigenvalue weighted by Crippen LogP contribution is -1.91. The molecule has 2 aromatic rings. The number of halogens is 1. The van der Waals surface area contributed by atoms with Crippen LogP contribution in [0, 0.1) is 0 Å². The predicted octanol–water partition coefficient (Wildman–Crippen LogP) is 6.22. The van der Waals surface area contributed by atoms with Crippen LogP contribution in [0.1, 0.15) is 42.7 Å². The van der Waals surface area contributed by atoms with Gasteiger partial charge < -0.3 is 0 Å². The molecule has 0 fully saturated rings. The number of fused-ring (bicyclic) bond motifs is 1. The van der Waals surface area contributed by atoms with Crippen molar-refractivity contribution in [3.8, 4) is 11.1 Å². The van der Waals surface area contributed by atoms with Crippen LogP contribution < -0.4 is 0 Å². The van der Waals surface area contributed by atoms with Gasteiger partial charge >= 0.3 is 0 Å². The van der Waals surface area contributed by atoms with Gasteiger partial charge in [-0.15, -0.1) is 11.6 Å². The highest BCUT2D eigenvalue weighted by Gasteiger charge is 2.24. The molecule has 0 spiro atoms. The summed E-state index contributed by atoms with van der Waals surface area (Å²) < 4.78 is 0. The lowest BCUT2D eigenvalue weighted by atomic mass is 9.97. The van der Waals surface area contributed by atoms with Gasteiger partial charge in [-0.1, -0.05) is 68.0 Å². The number of benzene rings is 2. The van der Waals surface area contributed by atoms with Crippen molar-refractivity contribution in [3.05, 3.63) is 65.2 Å². The Morgan fingerprint density at radius 3 is 2.55 bits per heavy atom. The van der Waals surface area contributed by atoms with Crippen LogP contribution in [0.4, 0.5) is 0 Å². The zero-order valence-corrected chi connectivity index (χ0v) is 12.5. The van der Waals surface area contributed by atoms with E-state index in [9.17, 15) is 0 Å². The van der Waals surface area contributed by atoms with Crippen molar-refractivity contribution in [2.24, 2.45) is 0 Å². The number of alkyl halides is 1. The van der Waals surface area contributed by atoms with E-state index in [2.05, 4.69) is 61.5 Å². The second-order valence-corrected chi connectivity index (χ2v) is 5.80. The summed E-state index contributed by atoms with van der Waals surface area (Å²) >= 11 is 6.64. The Hall–Kier alpha value is -1.53. The molecule has 1 aliphatic carbocycles. The Morgan fingerprint density at radius 2 is 1.80 bits per heavy atom. The van der Waals surface area contributed by atoms with Crippen molar-refractivity contribution in [3.63, 3.8) is 0 Å². The van der Waals surface area contributed by atoms with Crippen molar-refractivity contribution < 1.29 is 0 Å². The molecule has 0 nitrogen and oxygen atoms in total. The van der Waals surface area contributed by atoms with Crippen molar-refractivity contribution in [2.45, 2.75) is 31.6 Å². The van der Waals surface area contributed by atoms with E-state index in [1.807, 2.05) is 0 Å². The molecule has 0 N–H and O–H groups in total. The summed E-state index contributed by atoms with van der Waals surface area (Å²) in [5.74, 6) is 0. The third-order valence-electron chi connectivity index (χ3n) is 3.97. The second kappa shape index (κ2) is 5.85. The number of unbranched alkanes of at least 4 members (excludes halogenated alkanes) is 1. The molecule has 0 aliphatic heterocycles. The number of allylic oxidation sites excluding steroid dienone is 1. The van der Waals surface area contributed by atoms with Crippen molar-refractivity contribution in [2.75, 3.05) is 0 Å². The summed E-state index contributed by atoms with van der Waals surface area (Å²) in [5, 5.41) is 0.0558. The van der Waals surface area contributed by atoms with Gasteiger partial charge in [0, 0.05) is 0 Å². The van der Waals surface area contributed by atoms with Gasteiger partial charge in [0.1, 0.15) is 0 Å². The van der Waals surface area contributed by atoms with Crippen molar-refractivity contribution in [1.82, 2.24) is 0 Å². The summed E-state index contributed by atoms with van der Waals surface area (Å²) in [6.45, 7) is 2.22. The molecule has 2 aromatic carbocycles. The molecule has 0 radical (unpaired) electrons. The van der Waals surface area contributed by atoms with E-state index in [-0.39, 0.29) is 5.38 Å². The van der Waals surface area contributed by atoms with E-state index >= 15 is 0 Å². The van der Waals surface area contributed by atoms with Crippen molar-refractivity contribution in [1.29, 1.82) is 0 Å². The third-order valence-corrected chi connectivity index (χ3v) is 4.49. The van der Waals surface area contributed by atoms with Gasteiger partial charge in [0.25, 0.3) is 0 Å². The van der Waals surface area contributed by atoms with Gasteiger partial charge in [0.2, 0.25) is 0 Å². The third kappa shape index (κ3) is 2.41. The maximum Gasteiger partial charge on any atom is 0.0804 e. The van der Waals surface area contributed by atoms with Crippen LogP contribution >= 0.6 is 11.6 Å². The number of hydrogen-bond donors (Lipinski definition) is 0. The first-order valence-electron chi connectivity index (χ1n) is 7.34. The van der Waals surface area contributed by atoms with Gasteiger partial charge in [0.05, 0.1) is 5.38 Å². The Morgan fingerprint density at radius 1 is 1.00 bits per heavy atom. The molecule has 0 aromatic heterocycles. The van der Waals surface area contributed by atoms with E-state index in [4.69, 9.17) is 11.6 Å². The average molecular weight is 283 g/mol. The molecule has 1 atom stereocenters. The lowest BCUT2D eigenvalue weighted by molar-refractivity contribution is 0.774. The summed E-state index contributed by atoms with van der Waals surface area (Å²) in [6, 6.07) is 17.0. The quantitative estimate of drug-likeness (QED) is 0.584. The molecule has 1 heteroatoms.